The molecule has 0 aliphatic rings. The predicted octanol–water partition coefficient (Wildman–Crippen LogP) is 0.297. The summed E-state index contributed by atoms with van der Waals surface area (Å²) in [4.78, 5) is 15.9. The van der Waals surface area contributed by atoms with E-state index in [1.165, 1.54) is 11.3 Å². The van der Waals surface area contributed by atoms with Crippen molar-refractivity contribution in [3.8, 4) is 0 Å². The Morgan fingerprint density at radius 1 is 1.59 bits per heavy atom. The molecule has 2 aromatic heterocycles. The fraction of sp³-hybridized carbons (Fsp3) is 0.300. The van der Waals surface area contributed by atoms with Gasteiger partial charge >= 0.3 is 0 Å². The highest BCUT2D eigenvalue weighted by Crippen LogP contribution is 2.09. The van der Waals surface area contributed by atoms with E-state index >= 15 is 0 Å². The van der Waals surface area contributed by atoms with E-state index in [9.17, 15) is 4.79 Å². The Labute approximate surface area is 102 Å². The van der Waals surface area contributed by atoms with Gasteiger partial charge in [-0.2, -0.15) is 5.10 Å². The zero-order valence-corrected chi connectivity index (χ0v) is 9.96. The van der Waals surface area contributed by atoms with Gasteiger partial charge in [-0.1, -0.05) is 0 Å². The molecule has 0 atom stereocenters. The molecule has 0 aliphatic carbocycles. The first-order valence-corrected chi connectivity index (χ1v) is 6.08. The van der Waals surface area contributed by atoms with Gasteiger partial charge in [-0.15, -0.1) is 11.3 Å². The molecule has 0 unspecified atom stereocenters. The number of nitrogens with zero attached hydrogens (tertiary/aromatic N) is 2. The van der Waals surface area contributed by atoms with Gasteiger partial charge in [-0.3, -0.25) is 9.89 Å². The largest absolute Gasteiger partial charge is 0.345 e. The lowest BCUT2D eigenvalue weighted by Gasteiger charge is -2.00. The number of carbonyl (C=O) groups excluding carboxylic acids is 1. The SMILES string of the molecule is NCCc1nc(C(=O)NCc2ccn[nH]2)cs1. The number of thiazole rings is 1. The molecule has 0 radical (unpaired) electrons. The Balaban J connectivity index is 1.90. The third-order valence-corrected chi connectivity index (χ3v) is 3.05. The summed E-state index contributed by atoms with van der Waals surface area (Å²) in [5.74, 6) is -0.181. The van der Waals surface area contributed by atoms with Crippen molar-refractivity contribution in [2.24, 2.45) is 5.73 Å². The molecule has 4 N–H and O–H groups in total. The number of amides is 1. The van der Waals surface area contributed by atoms with Crippen molar-refractivity contribution in [2.45, 2.75) is 13.0 Å². The molecule has 0 bridgehead atoms. The minimum absolute atomic E-state index is 0.181. The Hall–Kier alpha value is -1.73. The smallest absolute Gasteiger partial charge is 0.271 e. The van der Waals surface area contributed by atoms with E-state index in [1.807, 2.05) is 0 Å². The number of aromatic nitrogens is 3. The molecule has 0 saturated carbocycles. The second-order valence-electron chi connectivity index (χ2n) is 3.43. The van der Waals surface area contributed by atoms with Crippen molar-refractivity contribution in [1.82, 2.24) is 20.5 Å². The fourth-order valence-corrected chi connectivity index (χ4v) is 2.10. The normalized spacial score (nSPS) is 10.4. The summed E-state index contributed by atoms with van der Waals surface area (Å²) in [6.45, 7) is 0.964. The van der Waals surface area contributed by atoms with Crippen molar-refractivity contribution in [1.29, 1.82) is 0 Å². The number of nitrogens with two attached hydrogens (primary N) is 1. The average Bonchev–Trinajstić information content (AvgIpc) is 2.97. The summed E-state index contributed by atoms with van der Waals surface area (Å²) in [6, 6.07) is 1.81. The van der Waals surface area contributed by atoms with Crippen molar-refractivity contribution < 1.29 is 4.79 Å². The van der Waals surface area contributed by atoms with Gasteiger partial charge < -0.3 is 11.1 Å². The van der Waals surface area contributed by atoms with E-state index in [4.69, 9.17) is 5.73 Å². The number of hydrogen-bond acceptors (Lipinski definition) is 5. The van der Waals surface area contributed by atoms with E-state index in [1.54, 1.807) is 17.6 Å². The van der Waals surface area contributed by atoms with Crippen LogP contribution in [0.15, 0.2) is 17.6 Å². The lowest BCUT2D eigenvalue weighted by molar-refractivity contribution is 0.0946. The molecule has 2 aromatic rings. The maximum atomic E-state index is 11.7. The average molecular weight is 251 g/mol. The summed E-state index contributed by atoms with van der Waals surface area (Å²) in [5, 5.41) is 12.0. The Morgan fingerprint density at radius 2 is 2.47 bits per heavy atom. The van der Waals surface area contributed by atoms with Crippen LogP contribution in [-0.4, -0.2) is 27.6 Å². The predicted molar refractivity (Wildman–Crippen MR) is 64.6 cm³/mol. The summed E-state index contributed by atoms with van der Waals surface area (Å²) in [7, 11) is 0. The van der Waals surface area contributed by atoms with Crippen LogP contribution >= 0.6 is 11.3 Å². The summed E-state index contributed by atoms with van der Waals surface area (Å²) >= 11 is 1.45. The molecule has 0 spiro atoms. The second-order valence-corrected chi connectivity index (χ2v) is 4.37. The third-order valence-electron chi connectivity index (χ3n) is 2.14. The van der Waals surface area contributed by atoms with Gasteiger partial charge in [0.1, 0.15) is 5.69 Å². The van der Waals surface area contributed by atoms with E-state index in [0.717, 1.165) is 10.7 Å². The van der Waals surface area contributed by atoms with Gasteiger partial charge in [0.15, 0.2) is 0 Å². The number of H-pyrrole nitrogens is 1. The molecule has 7 heteroatoms. The lowest BCUT2D eigenvalue weighted by Crippen LogP contribution is -2.23. The van der Waals surface area contributed by atoms with Gasteiger partial charge in [0.05, 0.1) is 17.2 Å². The van der Waals surface area contributed by atoms with Gasteiger partial charge in [-0.25, -0.2) is 4.98 Å². The number of nitrogens with one attached hydrogen (secondary N) is 2. The van der Waals surface area contributed by atoms with Crippen LogP contribution in [0.5, 0.6) is 0 Å². The Bertz CT molecular complexity index is 479. The first kappa shape index (κ1) is 11.7. The molecule has 2 heterocycles. The lowest BCUT2D eigenvalue weighted by atomic mass is 10.4. The highest BCUT2D eigenvalue weighted by Gasteiger charge is 2.10. The molecule has 0 aliphatic heterocycles. The number of rotatable bonds is 5. The van der Waals surface area contributed by atoms with Gasteiger partial charge in [-0.05, 0) is 12.6 Å². The first-order chi connectivity index (χ1) is 8.29. The van der Waals surface area contributed by atoms with Gasteiger partial charge in [0.25, 0.3) is 5.91 Å². The van der Waals surface area contributed by atoms with Crippen LogP contribution in [-0.2, 0) is 13.0 Å². The highest BCUT2D eigenvalue weighted by molar-refractivity contribution is 7.09. The van der Waals surface area contributed by atoms with E-state index in [-0.39, 0.29) is 5.91 Å². The molecule has 2 rings (SSSR count). The maximum Gasteiger partial charge on any atom is 0.271 e. The Kier molecular flexibility index (Phi) is 3.84. The summed E-state index contributed by atoms with van der Waals surface area (Å²) in [5.41, 5.74) is 6.72. The van der Waals surface area contributed by atoms with Crippen molar-refractivity contribution in [2.75, 3.05) is 6.54 Å². The molecule has 6 nitrogen and oxygen atoms in total. The summed E-state index contributed by atoms with van der Waals surface area (Å²) < 4.78 is 0. The molecule has 0 fully saturated rings. The molecule has 0 aromatic carbocycles. The minimum atomic E-state index is -0.181. The van der Waals surface area contributed by atoms with Crippen LogP contribution in [0.4, 0.5) is 0 Å². The zero-order valence-electron chi connectivity index (χ0n) is 9.14. The van der Waals surface area contributed by atoms with Crippen LogP contribution in [0.2, 0.25) is 0 Å². The van der Waals surface area contributed by atoms with E-state index in [0.29, 0.717) is 25.2 Å². The van der Waals surface area contributed by atoms with Crippen molar-refractivity contribution in [3.63, 3.8) is 0 Å². The van der Waals surface area contributed by atoms with E-state index < -0.39 is 0 Å². The van der Waals surface area contributed by atoms with Gasteiger partial charge in [0.2, 0.25) is 0 Å². The standard InChI is InChI=1S/C10H13N5OS/c11-3-1-9-14-8(6-17-9)10(16)12-5-7-2-4-13-15-7/h2,4,6H,1,3,5,11H2,(H,12,16)(H,13,15). The zero-order chi connectivity index (χ0) is 12.1. The highest BCUT2D eigenvalue weighted by atomic mass is 32.1. The quantitative estimate of drug-likeness (QED) is 0.712. The monoisotopic (exact) mass is 251 g/mol. The number of carbonyl (C=O) groups is 1. The molecular formula is C10H13N5OS. The maximum absolute atomic E-state index is 11.7. The topological polar surface area (TPSA) is 96.7 Å². The molecule has 1 amide bonds. The third kappa shape index (κ3) is 3.11. The number of hydrogen-bond donors (Lipinski definition) is 3. The molecule has 90 valence electrons. The second kappa shape index (κ2) is 5.55. The van der Waals surface area contributed by atoms with Crippen LogP contribution in [0.1, 0.15) is 21.2 Å². The summed E-state index contributed by atoms with van der Waals surface area (Å²) in [6.07, 6.45) is 2.35. The Morgan fingerprint density at radius 3 is 3.18 bits per heavy atom. The van der Waals surface area contributed by atoms with Crippen LogP contribution in [0.25, 0.3) is 0 Å². The van der Waals surface area contributed by atoms with E-state index in [2.05, 4.69) is 20.5 Å². The first-order valence-electron chi connectivity index (χ1n) is 5.20. The number of aromatic amines is 1. The van der Waals surface area contributed by atoms with Crippen molar-refractivity contribution in [3.05, 3.63) is 34.0 Å². The molecule has 0 saturated heterocycles. The van der Waals surface area contributed by atoms with Crippen LogP contribution < -0.4 is 11.1 Å². The van der Waals surface area contributed by atoms with Crippen LogP contribution in [0, 0.1) is 0 Å². The van der Waals surface area contributed by atoms with Gasteiger partial charge in [0, 0.05) is 18.0 Å². The van der Waals surface area contributed by atoms with Crippen LogP contribution in [0.3, 0.4) is 0 Å². The molecule has 17 heavy (non-hydrogen) atoms. The molecular weight excluding hydrogens is 238 g/mol. The fourth-order valence-electron chi connectivity index (χ4n) is 1.30. The van der Waals surface area contributed by atoms with Crippen molar-refractivity contribution >= 4 is 17.2 Å². The minimum Gasteiger partial charge on any atom is -0.345 e.